The molecule has 27 heavy (non-hydrogen) atoms. The van der Waals surface area contributed by atoms with Crippen LogP contribution in [-0.2, 0) is 18.9 Å². The van der Waals surface area contributed by atoms with E-state index in [2.05, 4.69) is 12.2 Å². The molecule has 4 aliphatic rings. The second-order valence-corrected chi connectivity index (χ2v) is 8.88. The zero-order valence-electron chi connectivity index (χ0n) is 16.9. The van der Waals surface area contributed by atoms with Gasteiger partial charge in [0, 0.05) is 11.8 Å². The Morgan fingerprint density at radius 2 is 0.926 bits per heavy atom. The van der Waals surface area contributed by atoms with Crippen LogP contribution in [0.2, 0.25) is 0 Å². The van der Waals surface area contributed by atoms with Crippen molar-refractivity contribution < 1.29 is 18.9 Å². The van der Waals surface area contributed by atoms with Gasteiger partial charge in [-0.3, -0.25) is 0 Å². The van der Waals surface area contributed by atoms with Crippen molar-refractivity contribution >= 4 is 0 Å². The smallest absolute Gasteiger partial charge is 0.0906 e. The lowest BCUT2D eigenvalue weighted by molar-refractivity contribution is -0.108. The van der Waals surface area contributed by atoms with Crippen molar-refractivity contribution in [1.82, 2.24) is 0 Å². The second-order valence-electron chi connectivity index (χ2n) is 8.88. The van der Waals surface area contributed by atoms with Crippen molar-refractivity contribution in [2.75, 3.05) is 26.4 Å². The van der Waals surface area contributed by atoms with Gasteiger partial charge in [-0.25, -0.2) is 0 Å². The van der Waals surface area contributed by atoms with E-state index < -0.39 is 0 Å². The van der Waals surface area contributed by atoms with Gasteiger partial charge in [0.25, 0.3) is 0 Å². The minimum absolute atomic E-state index is 0.199. The maximum atomic E-state index is 6.25. The summed E-state index contributed by atoms with van der Waals surface area (Å²) in [7, 11) is 0. The Bertz CT molecular complexity index is 413. The van der Waals surface area contributed by atoms with Gasteiger partial charge in [-0.1, -0.05) is 50.7 Å². The van der Waals surface area contributed by atoms with Crippen LogP contribution in [0.1, 0.15) is 70.6 Å². The molecule has 4 unspecified atom stereocenters. The summed E-state index contributed by atoms with van der Waals surface area (Å²) in [6.07, 6.45) is 20.1. The van der Waals surface area contributed by atoms with Gasteiger partial charge in [0.05, 0.1) is 50.8 Å². The van der Waals surface area contributed by atoms with E-state index in [1.807, 2.05) is 0 Å². The van der Waals surface area contributed by atoms with Crippen molar-refractivity contribution in [3.63, 3.8) is 0 Å². The Morgan fingerprint density at radius 1 is 0.519 bits per heavy atom. The predicted octanol–water partition coefficient (Wildman–Crippen LogP) is 4.66. The zero-order valence-corrected chi connectivity index (χ0v) is 16.9. The van der Waals surface area contributed by atoms with Gasteiger partial charge in [0.1, 0.15) is 0 Å². The molecule has 0 amide bonds. The molecule has 0 heterocycles. The molecule has 0 aliphatic heterocycles. The monoisotopic (exact) mass is 378 g/mol. The Kier molecular flexibility index (Phi) is 7.64. The Balaban J connectivity index is 1.13. The largest absolute Gasteiger partial charge is 0.376 e. The summed E-state index contributed by atoms with van der Waals surface area (Å²) in [5, 5.41) is 0. The highest BCUT2D eigenvalue weighted by atomic mass is 16.6. The van der Waals surface area contributed by atoms with E-state index in [0.717, 1.165) is 13.2 Å². The molecule has 4 rings (SSSR count). The Morgan fingerprint density at radius 3 is 1.37 bits per heavy atom. The highest BCUT2D eigenvalue weighted by Gasteiger charge is 2.46. The number of hydrogen-bond acceptors (Lipinski definition) is 4. The van der Waals surface area contributed by atoms with Gasteiger partial charge in [-0.15, -0.1) is 0 Å². The lowest BCUT2D eigenvalue weighted by Gasteiger charge is -2.29. The summed E-state index contributed by atoms with van der Waals surface area (Å²) in [5.41, 5.74) is 0. The topological polar surface area (TPSA) is 36.9 Å². The van der Waals surface area contributed by atoms with Crippen LogP contribution < -0.4 is 0 Å². The first-order valence-electron chi connectivity index (χ1n) is 11.5. The summed E-state index contributed by atoms with van der Waals surface area (Å²) in [5.74, 6) is 1.04. The Labute approximate surface area is 165 Å². The minimum Gasteiger partial charge on any atom is -0.376 e. The van der Waals surface area contributed by atoms with Gasteiger partial charge < -0.3 is 18.9 Å². The van der Waals surface area contributed by atoms with Crippen molar-refractivity contribution in [3.8, 4) is 0 Å². The molecule has 0 radical (unpaired) electrons. The second kappa shape index (κ2) is 10.4. The lowest BCUT2D eigenvalue weighted by atomic mass is 9.98. The summed E-state index contributed by atoms with van der Waals surface area (Å²) in [6.45, 7) is 2.83. The molecule has 0 spiro atoms. The van der Waals surface area contributed by atoms with E-state index in [9.17, 15) is 0 Å². The van der Waals surface area contributed by atoms with Gasteiger partial charge in [-0.2, -0.15) is 0 Å². The molecule has 154 valence electrons. The number of fused-ring (bicyclic) bond motifs is 2. The molecule has 4 atom stereocenters. The summed E-state index contributed by atoms with van der Waals surface area (Å²) in [6, 6.07) is 0. The highest BCUT2D eigenvalue weighted by Crippen LogP contribution is 2.42. The van der Waals surface area contributed by atoms with Crippen molar-refractivity contribution in [3.05, 3.63) is 12.2 Å². The molecule has 2 bridgehead atoms. The quantitative estimate of drug-likeness (QED) is 0.409. The van der Waals surface area contributed by atoms with E-state index in [1.54, 1.807) is 0 Å². The fourth-order valence-corrected chi connectivity index (χ4v) is 5.43. The fourth-order valence-electron chi connectivity index (χ4n) is 5.43. The van der Waals surface area contributed by atoms with Crippen LogP contribution in [0, 0.1) is 11.8 Å². The van der Waals surface area contributed by atoms with Gasteiger partial charge in [-0.05, 0) is 32.1 Å². The summed E-state index contributed by atoms with van der Waals surface area (Å²) in [4.78, 5) is 0. The average molecular weight is 379 g/mol. The van der Waals surface area contributed by atoms with Crippen LogP contribution in [0.4, 0.5) is 0 Å². The van der Waals surface area contributed by atoms with Crippen LogP contribution in [0.15, 0.2) is 12.2 Å². The third-order valence-electron chi connectivity index (χ3n) is 6.92. The third kappa shape index (κ3) is 5.56. The molecule has 0 aromatic heterocycles. The number of ether oxygens (including phenoxy) is 4. The van der Waals surface area contributed by atoms with E-state index in [0.29, 0.717) is 37.3 Å². The third-order valence-corrected chi connectivity index (χ3v) is 6.92. The maximum Gasteiger partial charge on any atom is 0.0906 e. The Hall–Kier alpha value is -0.420. The van der Waals surface area contributed by atoms with Crippen LogP contribution in [0.5, 0.6) is 0 Å². The number of hydrogen-bond donors (Lipinski definition) is 0. The molecule has 0 saturated heterocycles. The molecular formula is C23H38O4. The molecule has 0 aromatic rings. The fraction of sp³-hybridized carbons (Fsp3) is 0.913. The SMILES string of the molecule is C1=CC2CC1C(OCCOC1CCCCC1)C2OCCOC1CCCCC1. The van der Waals surface area contributed by atoms with Gasteiger partial charge >= 0.3 is 0 Å². The van der Waals surface area contributed by atoms with E-state index in [1.165, 1.54) is 70.6 Å². The van der Waals surface area contributed by atoms with Crippen LogP contribution >= 0.6 is 0 Å². The molecule has 4 heteroatoms. The molecular weight excluding hydrogens is 340 g/mol. The molecule has 0 aromatic carbocycles. The lowest BCUT2D eigenvalue weighted by Crippen LogP contribution is -2.37. The summed E-state index contributed by atoms with van der Waals surface area (Å²) >= 11 is 0. The normalized spacial score (nSPS) is 34.5. The zero-order chi connectivity index (χ0) is 18.3. The van der Waals surface area contributed by atoms with E-state index in [4.69, 9.17) is 18.9 Å². The first kappa shape index (κ1) is 19.9. The highest BCUT2D eigenvalue weighted by molar-refractivity contribution is 5.15. The molecule has 4 nitrogen and oxygen atoms in total. The van der Waals surface area contributed by atoms with Crippen LogP contribution in [-0.4, -0.2) is 50.8 Å². The van der Waals surface area contributed by atoms with Crippen molar-refractivity contribution in [1.29, 1.82) is 0 Å². The standard InChI is InChI=1S/C23H38O4/c1-3-7-20(8-4-1)24-13-15-26-22-18-11-12-19(17-18)23(22)27-16-14-25-21-9-5-2-6-10-21/h11-12,18-23H,1-10,13-17H2. The number of rotatable bonds is 10. The molecule has 3 fully saturated rings. The first-order chi connectivity index (χ1) is 13.4. The molecule has 3 saturated carbocycles. The van der Waals surface area contributed by atoms with Crippen LogP contribution in [0.25, 0.3) is 0 Å². The average Bonchev–Trinajstić information content (AvgIpc) is 3.32. The van der Waals surface area contributed by atoms with Crippen LogP contribution in [0.3, 0.4) is 0 Å². The predicted molar refractivity (Wildman–Crippen MR) is 106 cm³/mol. The van der Waals surface area contributed by atoms with Gasteiger partial charge in [0.2, 0.25) is 0 Å². The summed E-state index contributed by atoms with van der Waals surface area (Å²) < 4.78 is 24.5. The van der Waals surface area contributed by atoms with Crippen molar-refractivity contribution in [2.45, 2.75) is 95.0 Å². The molecule has 4 aliphatic carbocycles. The van der Waals surface area contributed by atoms with E-state index in [-0.39, 0.29) is 12.2 Å². The van der Waals surface area contributed by atoms with Gasteiger partial charge in [0.15, 0.2) is 0 Å². The first-order valence-corrected chi connectivity index (χ1v) is 11.5. The molecule has 0 N–H and O–H groups in total. The van der Waals surface area contributed by atoms with Crippen molar-refractivity contribution in [2.24, 2.45) is 11.8 Å². The van der Waals surface area contributed by atoms with E-state index >= 15 is 0 Å². The minimum atomic E-state index is 0.199. The maximum absolute atomic E-state index is 6.25.